The molecule has 4 heterocycles. The second-order valence-corrected chi connectivity index (χ2v) is 5.90. The van der Waals surface area contributed by atoms with Gasteiger partial charge >= 0.3 is 0 Å². The summed E-state index contributed by atoms with van der Waals surface area (Å²) in [5.74, 6) is 0.645. The van der Waals surface area contributed by atoms with E-state index in [1.54, 1.807) is 29.0 Å². The predicted octanol–water partition coefficient (Wildman–Crippen LogP) is 2.29. The molecule has 122 valence electrons. The van der Waals surface area contributed by atoms with E-state index >= 15 is 0 Å². The zero-order chi connectivity index (χ0) is 16.5. The topological polar surface area (TPSA) is 75.4 Å². The van der Waals surface area contributed by atoms with Crippen molar-refractivity contribution < 1.29 is 4.79 Å². The Kier molecular flexibility index (Phi) is 3.60. The number of carbonyl (C=O) groups excluding carboxylic acids is 1. The van der Waals surface area contributed by atoms with Gasteiger partial charge in [0.1, 0.15) is 5.82 Å². The molecule has 1 fully saturated rings. The smallest absolute Gasteiger partial charge is 0.276 e. The van der Waals surface area contributed by atoms with Crippen LogP contribution < -0.4 is 10.2 Å². The summed E-state index contributed by atoms with van der Waals surface area (Å²) in [5.41, 5.74) is 2.43. The van der Waals surface area contributed by atoms with E-state index in [1.165, 1.54) is 12.8 Å². The summed E-state index contributed by atoms with van der Waals surface area (Å²) in [4.78, 5) is 23.4. The number of aromatic nitrogens is 4. The van der Waals surface area contributed by atoms with E-state index in [9.17, 15) is 4.79 Å². The lowest BCUT2D eigenvalue weighted by molar-refractivity contribution is 0.101. The molecular formula is C17H18N6O. The Bertz CT molecular complexity index is 883. The van der Waals surface area contributed by atoms with Crippen molar-refractivity contribution in [2.45, 2.75) is 19.8 Å². The number of nitrogens with zero attached hydrogens (tertiary/aromatic N) is 5. The van der Waals surface area contributed by atoms with E-state index in [4.69, 9.17) is 0 Å². The fourth-order valence-electron chi connectivity index (χ4n) is 3.04. The molecule has 1 N–H and O–H groups in total. The minimum absolute atomic E-state index is 0.237. The molecule has 4 rings (SSSR count). The number of fused-ring (bicyclic) bond motifs is 1. The number of aryl methyl sites for hydroxylation is 1. The fraction of sp³-hybridized carbons (Fsp3) is 0.294. The van der Waals surface area contributed by atoms with Crippen molar-refractivity contribution in [2.75, 3.05) is 23.3 Å². The van der Waals surface area contributed by atoms with E-state index in [2.05, 4.69) is 25.3 Å². The molecule has 1 amide bonds. The van der Waals surface area contributed by atoms with Gasteiger partial charge in [0.25, 0.3) is 5.91 Å². The summed E-state index contributed by atoms with van der Waals surface area (Å²) in [6.45, 7) is 3.83. The summed E-state index contributed by atoms with van der Waals surface area (Å²) in [6, 6.07) is 7.46. The lowest BCUT2D eigenvalue weighted by atomic mass is 10.3. The summed E-state index contributed by atoms with van der Waals surface area (Å²) in [5, 5.41) is 7.49. The number of imidazole rings is 1. The van der Waals surface area contributed by atoms with Crippen LogP contribution in [0.25, 0.3) is 5.65 Å². The van der Waals surface area contributed by atoms with Crippen LogP contribution in [0.4, 0.5) is 11.5 Å². The van der Waals surface area contributed by atoms with Crippen LogP contribution in [0.15, 0.2) is 36.7 Å². The van der Waals surface area contributed by atoms with Crippen molar-refractivity contribution in [1.29, 1.82) is 0 Å². The van der Waals surface area contributed by atoms with Gasteiger partial charge in [-0.1, -0.05) is 0 Å². The van der Waals surface area contributed by atoms with Crippen LogP contribution in [-0.4, -0.2) is 38.6 Å². The predicted molar refractivity (Wildman–Crippen MR) is 91.4 cm³/mol. The average Bonchev–Trinajstić information content (AvgIpc) is 3.21. The molecule has 0 aromatic carbocycles. The van der Waals surface area contributed by atoms with Crippen molar-refractivity contribution in [3.05, 3.63) is 48.0 Å². The Hall–Kier alpha value is -2.96. The zero-order valence-corrected chi connectivity index (χ0v) is 13.4. The molecule has 0 aliphatic carbocycles. The Morgan fingerprint density at radius 3 is 2.79 bits per heavy atom. The highest BCUT2D eigenvalue weighted by molar-refractivity contribution is 6.04. The number of pyridine rings is 1. The van der Waals surface area contributed by atoms with Gasteiger partial charge in [-0.15, -0.1) is 5.10 Å². The molecule has 1 saturated heterocycles. The van der Waals surface area contributed by atoms with Crippen molar-refractivity contribution in [1.82, 2.24) is 19.6 Å². The molecule has 1 aliphatic heterocycles. The fourth-order valence-corrected chi connectivity index (χ4v) is 3.04. The SMILES string of the molecule is Cc1nc2ccc(N3CCCC3)nn2c1C(=O)Nc1cccnc1. The van der Waals surface area contributed by atoms with Crippen LogP contribution in [-0.2, 0) is 0 Å². The monoisotopic (exact) mass is 322 g/mol. The number of hydrogen-bond acceptors (Lipinski definition) is 5. The normalized spacial score (nSPS) is 14.3. The first-order valence-corrected chi connectivity index (χ1v) is 8.05. The van der Waals surface area contributed by atoms with E-state index in [0.717, 1.165) is 18.9 Å². The van der Waals surface area contributed by atoms with Gasteiger partial charge in [-0.3, -0.25) is 9.78 Å². The van der Waals surface area contributed by atoms with Gasteiger partial charge in [0.2, 0.25) is 0 Å². The molecule has 0 bridgehead atoms. The number of hydrogen-bond donors (Lipinski definition) is 1. The van der Waals surface area contributed by atoms with Gasteiger partial charge in [-0.05, 0) is 44.0 Å². The number of amides is 1. The maximum absolute atomic E-state index is 12.7. The van der Waals surface area contributed by atoms with Crippen LogP contribution in [0.5, 0.6) is 0 Å². The summed E-state index contributed by atoms with van der Waals surface area (Å²) in [7, 11) is 0. The second-order valence-electron chi connectivity index (χ2n) is 5.90. The molecule has 0 radical (unpaired) electrons. The number of nitrogens with one attached hydrogen (secondary N) is 1. The van der Waals surface area contributed by atoms with E-state index in [-0.39, 0.29) is 5.91 Å². The van der Waals surface area contributed by atoms with Gasteiger partial charge in [0, 0.05) is 19.3 Å². The highest BCUT2D eigenvalue weighted by Crippen LogP contribution is 2.20. The van der Waals surface area contributed by atoms with Crippen molar-refractivity contribution >= 4 is 23.1 Å². The molecule has 0 atom stereocenters. The summed E-state index contributed by atoms with van der Waals surface area (Å²) < 4.78 is 1.63. The first-order chi connectivity index (χ1) is 11.7. The lowest BCUT2D eigenvalue weighted by Gasteiger charge is -2.16. The lowest BCUT2D eigenvalue weighted by Crippen LogP contribution is -2.21. The van der Waals surface area contributed by atoms with Crippen LogP contribution in [0.1, 0.15) is 29.0 Å². The van der Waals surface area contributed by atoms with Crippen molar-refractivity contribution in [2.24, 2.45) is 0 Å². The highest BCUT2D eigenvalue weighted by Gasteiger charge is 2.20. The minimum Gasteiger partial charge on any atom is -0.355 e. The third kappa shape index (κ3) is 2.58. The van der Waals surface area contributed by atoms with Crippen LogP contribution >= 0.6 is 0 Å². The maximum Gasteiger partial charge on any atom is 0.276 e. The van der Waals surface area contributed by atoms with Crippen LogP contribution in [0, 0.1) is 6.92 Å². The highest BCUT2D eigenvalue weighted by atomic mass is 16.2. The number of rotatable bonds is 3. The number of anilines is 2. The average molecular weight is 322 g/mol. The van der Waals surface area contributed by atoms with Crippen molar-refractivity contribution in [3.63, 3.8) is 0 Å². The van der Waals surface area contributed by atoms with Gasteiger partial charge in [-0.25, -0.2) is 9.50 Å². The van der Waals surface area contributed by atoms with E-state index in [0.29, 0.717) is 22.7 Å². The quantitative estimate of drug-likeness (QED) is 0.801. The van der Waals surface area contributed by atoms with Gasteiger partial charge < -0.3 is 10.2 Å². The van der Waals surface area contributed by atoms with Crippen LogP contribution in [0.2, 0.25) is 0 Å². The van der Waals surface area contributed by atoms with Crippen molar-refractivity contribution in [3.8, 4) is 0 Å². The Morgan fingerprint density at radius 2 is 2.04 bits per heavy atom. The molecular weight excluding hydrogens is 304 g/mol. The van der Waals surface area contributed by atoms with E-state index < -0.39 is 0 Å². The molecule has 0 spiro atoms. The van der Waals surface area contributed by atoms with Gasteiger partial charge in [0.15, 0.2) is 11.3 Å². The van der Waals surface area contributed by atoms with Crippen LogP contribution in [0.3, 0.4) is 0 Å². The molecule has 0 unspecified atom stereocenters. The molecule has 0 saturated carbocycles. The standard InChI is InChI=1S/C17H18N6O/c1-12-16(17(24)20-13-5-4-8-18-11-13)23-14(19-12)6-7-15(21-23)22-9-2-3-10-22/h4-8,11H,2-3,9-10H2,1H3,(H,20,24). The third-order valence-corrected chi connectivity index (χ3v) is 4.20. The molecule has 3 aromatic rings. The van der Waals surface area contributed by atoms with Gasteiger partial charge in [0.05, 0.1) is 17.6 Å². The first kappa shape index (κ1) is 14.6. The van der Waals surface area contributed by atoms with E-state index in [1.807, 2.05) is 19.1 Å². The molecule has 7 heteroatoms. The molecule has 24 heavy (non-hydrogen) atoms. The molecule has 1 aliphatic rings. The Balaban J connectivity index is 1.72. The second kappa shape index (κ2) is 5.92. The third-order valence-electron chi connectivity index (χ3n) is 4.20. The summed E-state index contributed by atoms with van der Waals surface area (Å²) in [6.07, 6.45) is 5.63. The Labute approximate surface area is 139 Å². The maximum atomic E-state index is 12.7. The molecule has 3 aromatic heterocycles. The minimum atomic E-state index is -0.237. The number of carbonyl (C=O) groups is 1. The van der Waals surface area contributed by atoms with Gasteiger partial charge in [-0.2, -0.15) is 0 Å². The zero-order valence-electron chi connectivity index (χ0n) is 13.4. The molecule has 7 nitrogen and oxygen atoms in total. The summed E-state index contributed by atoms with van der Waals surface area (Å²) >= 11 is 0. The largest absolute Gasteiger partial charge is 0.355 e. The Morgan fingerprint density at radius 1 is 1.21 bits per heavy atom. The first-order valence-electron chi connectivity index (χ1n) is 8.05.